The summed E-state index contributed by atoms with van der Waals surface area (Å²) in [5.41, 5.74) is 3.14. The van der Waals surface area contributed by atoms with E-state index in [1.165, 1.54) is 11.8 Å². The van der Waals surface area contributed by atoms with Gasteiger partial charge in [0.1, 0.15) is 11.6 Å². The molecule has 0 spiro atoms. The molecule has 27 heavy (non-hydrogen) atoms. The second-order valence-corrected chi connectivity index (χ2v) is 7.37. The highest BCUT2D eigenvalue weighted by Crippen LogP contribution is 2.27. The van der Waals surface area contributed by atoms with Gasteiger partial charge in [-0.05, 0) is 55.8 Å². The Balaban J connectivity index is 1.37. The molecule has 140 valence electrons. The molecule has 1 aliphatic rings. The van der Waals surface area contributed by atoms with Crippen molar-refractivity contribution in [3.63, 3.8) is 0 Å². The van der Waals surface area contributed by atoms with Gasteiger partial charge in [-0.25, -0.2) is 9.37 Å². The minimum absolute atomic E-state index is 0.191. The molecule has 1 aliphatic heterocycles. The van der Waals surface area contributed by atoms with Gasteiger partial charge in [-0.1, -0.05) is 18.2 Å². The van der Waals surface area contributed by atoms with E-state index in [0.717, 1.165) is 49.6 Å². The summed E-state index contributed by atoms with van der Waals surface area (Å²) >= 11 is 0. The molecule has 4 rings (SSSR count). The summed E-state index contributed by atoms with van der Waals surface area (Å²) in [6.07, 6.45) is 6.75. The number of imidazole rings is 1. The molecule has 0 radical (unpaired) electrons. The maximum atomic E-state index is 13.4. The van der Waals surface area contributed by atoms with Gasteiger partial charge in [0.25, 0.3) is 0 Å². The number of aromatic nitrogens is 3. The van der Waals surface area contributed by atoms with Gasteiger partial charge in [-0.3, -0.25) is 9.88 Å². The third-order valence-electron chi connectivity index (χ3n) is 5.39. The quantitative estimate of drug-likeness (QED) is 0.688. The van der Waals surface area contributed by atoms with E-state index in [-0.39, 0.29) is 5.82 Å². The molecule has 3 heterocycles. The molecule has 1 aromatic carbocycles. The summed E-state index contributed by atoms with van der Waals surface area (Å²) in [5, 5.41) is 0. The van der Waals surface area contributed by atoms with Crippen LogP contribution in [0.25, 0.3) is 0 Å². The molecule has 0 N–H and O–H groups in total. The van der Waals surface area contributed by atoms with Gasteiger partial charge in [0.05, 0.1) is 6.54 Å². The van der Waals surface area contributed by atoms with Gasteiger partial charge >= 0.3 is 0 Å². The normalized spacial score (nSPS) is 15.9. The second-order valence-electron chi connectivity index (χ2n) is 7.37. The van der Waals surface area contributed by atoms with Crippen LogP contribution in [0.1, 0.15) is 41.5 Å². The Hall–Kier alpha value is -2.53. The number of hydrogen-bond donors (Lipinski definition) is 0. The topological polar surface area (TPSA) is 34.0 Å². The fourth-order valence-electron chi connectivity index (χ4n) is 3.82. The van der Waals surface area contributed by atoms with Crippen molar-refractivity contribution in [2.75, 3.05) is 13.1 Å². The molecular weight excluding hydrogens is 339 g/mol. The summed E-state index contributed by atoms with van der Waals surface area (Å²) < 4.78 is 15.5. The van der Waals surface area contributed by atoms with Crippen LogP contribution in [0, 0.1) is 5.82 Å². The molecule has 0 bridgehead atoms. The highest BCUT2D eigenvalue weighted by molar-refractivity contribution is 5.24. The predicted molar refractivity (Wildman–Crippen MR) is 104 cm³/mol. The monoisotopic (exact) mass is 364 g/mol. The fraction of sp³-hybridized carbons (Fsp3) is 0.364. The zero-order valence-corrected chi connectivity index (χ0v) is 15.7. The van der Waals surface area contributed by atoms with E-state index in [9.17, 15) is 4.39 Å². The lowest BCUT2D eigenvalue weighted by Crippen LogP contribution is -2.33. The molecule has 0 aliphatic carbocycles. The van der Waals surface area contributed by atoms with E-state index in [1.54, 1.807) is 12.1 Å². The molecule has 0 unspecified atom stereocenters. The summed E-state index contributed by atoms with van der Waals surface area (Å²) in [6, 6.07) is 13.0. The Morgan fingerprint density at radius 1 is 1.11 bits per heavy atom. The number of nitrogens with zero attached hydrogens (tertiary/aromatic N) is 4. The first-order valence-corrected chi connectivity index (χ1v) is 9.56. The van der Waals surface area contributed by atoms with Crippen LogP contribution in [0.15, 0.2) is 54.9 Å². The minimum Gasteiger partial charge on any atom is -0.337 e. The highest BCUT2D eigenvalue weighted by Gasteiger charge is 2.22. The van der Waals surface area contributed by atoms with Crippen LogP contribution in [0.5, 0.6) is 0 Å². The van der Waals surface area contributed by atoms with Gasteiger partial charge in [0, 0.05) is 43.2 Å². The average molecular weight is 364 g/mol. The van der Waals surface area contributed by atoms with Crippen LogP contribution in [-0.2, 0) is 20.0 Å². The Kier molecular flexibility index (Phi) is 5.30. The number of benzene rings is 1. The number of aryl methyl sites for hydroxylation is 1. The number of piperidine rings is 1. The van der Waals surface area contributed by atoms with E-state index in [2.05, 4.69) is 26.6 Å². The maximum absolute atomic E-state index is 13.4. The van der Waals surface area contributed by atoms with Crippen molar-refractivity contribution in [2.45, 2.75) is 31.7 Å². The lowest BCUT2D eigenvalue weighted by Gasteiger charge is -2.31. The molecule has 5 heteroatoms. The van der Waals surface area contributed by atoms with Crippen molar-refractivity contribution in [1.29, 1.82) is 0 Å². The van der Waals surface area contributed by atoms with E-state index < -0.39 is 0 Å². The molecule has 0 saturated carbocycles. The number of hydrogen-bond acceptors (Lipinski definition) is 3. The highest BCUT2D eigenvalue weighted by atomic mass is 19.1. The molecule has 4 nitrogen and oxygen atoms in total. The van der Waals surface area contributed by atoms with Crippen LogP contribution >= 0.6 is 0 Å². The fourth-order valence-corrected chi connectivity index (χ4v) is 3.82. The zero-order valence-electron chi connectivity index (χ0n) is 15.7. The van der Waals surface area contributed by atoms with Gasteiger partial charge in [0.15, 0.2) is 0 Å². The molecule has 2 aromatic heterocycles. The van der Waals surface area contributed by atoms with Crippen molar-refractivity contribution < 1.29 is 4.39 Å². The van der Waals surface area contributed by atoms with Crippen LogP contribution in [0.4, 0.5) is 4.39 Å². The predicted octanol–water partition coefficient (Wildman–Crippen LogP) is 3.92. The standard InChI is InChI=1S/C22H25FN4/c1-26-13-10-24-22(26)16-27-11-8-18(9-12-27)21-7-3-6-20(25-21)15-17-4-2-5-19(23)14-17/h2-7,10,13-14,18H,8-9,11-12,15-16H2,1H3. The molecular formula is C22H25FN4. The van der Waals surface area contributed by atoms with E-state index in [0.29, 0.717) is 12.3 Å². The number of halogens is 1. The van der Waals surface area contributed by atoms with Crippen molar-refractivity contribution >= 4 is 0 Å². The minimum atomic E-state index is -0.191. The summed E-state index contributed by atoms with van der Waals surface area (Å²) in [4.78, 5) is 11.8. The van der Waals surface area contributed by atoms with Crippen molar-refractivity contribution in [1.82, 2.24) is 19.4 Å². The largest absolute Gasteiger partial charge is 0.337 e. The summed E-state index contributed by atoms with van der Waals surface area (Å²) in [7, 11) is 2.04. The molecule has 3 aromatic rings. The van der Waals surface area contributed by atoms with E-state index in [1.807, 2.05) is 31.6 Å². The second kappa shape index (κ2) is 8.01. The smallest absolute Gasteiger partial charge is 0.123 e. The molecule has 1 fully saturated rings. The Morgan fingerprint density at radius 2 is 1.93 bits per heavy atom. The molecule has 0 amide bonds. The third kappa shape index (κ3) is 4.42. The van der Waals surface area contributed by atoms with Crippen LogP contribution in [0.2, 0.25) is 0 Å². The van der Waals surface area contributed by atoms with Crippen LogP contribution < -0.4 is 0 Å². The Morgan fingerprint density at radius 3 is 2.67 bits per heavy atom. The van der Waals surface area contributed by atoms with Gasteiger partial charge in [-0.2, -0.15) is 0 Å². The van der Waals surface area contributed by atoms with E-state index in [4.69, 9.17) is 4.98 Å². The molecule has 1 saturated heterocycles. The van der Waals surface area contributed by atoms with Crippen molar-refractivity contribution in [3.8, 4) is 0 Å². The first-order chi connectivity index (χ1) is 13.2. The van der Waals surface area contributed by atoms with Crippen molar-refractivity contribution in [2.24, 2.45) is 7.05 Å². The lowest BCUT2D eigenvalue weighted by atomic mass is 9.92. The maximum Gasteiger partial charge on any atom is 0.123 e. The zero-order chi connectivity index (χ0) is 18.6. The van der Waals surface area contributed by atoms with E-state index >= 15 is 0 Å². The Bertz CT molecular complexity index is 897. The lowest BCUT2D eigenvalue weighted by molar-refractivity contribution is 0.197. The number of rotatable bonds is 5. The summed E-state index contributed by atoms with van der Waals surface area (Å²) in [5.74, 6) is 1.42. The number of likely N-dealkylation sites (tertiary alicyclic amines) is 1. The first-order valence-electron chi connectivity index (χ1n) is 9.56. The summed E-state index contributed by atoms with van der Waals surface area (Å²) in [6.45, 7) is 3.03. The molecule has 0 atom stereocenters. The van der Waals surface area contributed by atoms with Crippen LogP contribution in [-0.4, -0.2) is 32.5 Å². The average Bonchev–Trinajstić information content (AvgIpc) is 3.07. The Labute approximate surface area is 159 Å². The SMILES string of the molecule is Cn1ccnc1CN1CCC(c2cccc(Cc3cccc(F)c3)n2)CC1. The van der Waals surface area contributed by atoms with Gasteiger partial charge in [0.2, 0.25) is 0 Å². The first kappa shape index (κ1) is 17.9. The van der Waals surface area contributed by atoms with Crippen LogP contribution in [0.3, 0.4) is 0 Å². The third-order valence-corrected chi connectivity index (χ3v) is 5.39. The van der Waals surface area contributed by atoms with Crippen molar-refractivity contribution in [3.05, 3.63) is 83.5 Å². The van der Waals surface area contributed by atoms with Gasteiger partial charge in [-0.15, -0.1) is 0 Å². The van der Waals surface area contributed by atoms with Gasteiger partial charge < -0.3 is 4.57 Å². The number of pyridine rings is 1.